The van der Waals surface area contributed by atoms with Crippen molar-refractivity contribution in [1.82, 2.24) is 4.83 Å². The normalized spacial score (nSPS) is 11.8. The van der Waals surface area contributed by atoms with Crippen LogP contribution in [0.1, 0.15) is 5.56 Å². The van der Waals surface area contributed by atoms with Gasteiger partial charge in [0.25, 0.3) is 10.0 Å². The fourth-order valence-electron chi connectivity index (χ4n) is 2.12. The molecule has 0 amide bonds. The van der Waals surface area contributed by atoms with Gasteiger partial charge in [-0.3, -0.25) is 0 Å². The van der Waals surface area contributed by atoms with Crippen LogP contribution in [0.2, 0.25) is 0 Å². The molecule has 0 fully saturated rings. The smallest absolute Gasteiger partial charge is 0.276 e. The lowest BCUT2D eigenvalue weighted by molar-refractivity contribution is 0.475. The van der Waals surface area contributed by atoms with E-state index in [2.05, 4.69) is 9.93 Å². The zero-order valence-corrected chi connectivity index (χ0v) is 12.9. The molecule has 3 rings (SSSR count). The number of hydrogen-bond acceptors (Lipinski definition) is 4. The number of fused-ring (bicyclic) bond motifs is 1. The Morgan fingerprint density at radius 1 is 0.913 bits per heavy atom. The lowest BCUT2D eigenvalue weighted by Gasteiger charge is -2.05. The molecule has 5 nitrogen and oxygen atoms in total. The van der Waals surface area contributed by atoms with Crippen molar-refractivity contribution < 1.29 is 13.5 Å². The Hall–Kier alpha value is -2.86. The minimum atomic E-state index is -3.73. The summed E-state index contributed by atoms with van der Waals surface area (Å²) in [5.41, 5.74) is 0.670. The van der Waals surface area contributed by atoms with Gasteiger partial charge in [0, 0.05) is 0 Å². The number of aromatic hydroxyl groups is 1. The summed E-state index contributed by atoms with van der Waals surface area (Å²) in [4.78, 5) is 2.33. The molecule has 6 heteroatoms. The molecule has 0 aliphatic rings. The third kappa shape index (κ3) is 3.49. The Kier molecular flexibility index (Phi) is 3.99. The van der Waals surface area contributed by atoms with Crippen molar-refractivity contribution in [2.24, 2.45) is 5.10 Å². The highest BCUT2D eigenvalue weighted by atomic mass is 32.2. The first kappa shape index (κ1) is 15.1. The average molecular weight is 326 g/mol. The van der Waals surface area contributed by atoms with Gasteiger partial charge in [-0.1, -0.05) is 30.3 Å². The zero-order valence-electron chi connectivity index (χ0n) is 12.0. The van der Waals surface area contributed by atoms with Gasteiger partial charge in [-0.05, 0) is 52.7 Å². The maximum absolute atomic E-state index is 12.3. The van der Waals surface area contributed by atoms with E-state index in [0.717, 1.165) is 10.8 Å². The monoisotopic (exact) mass is 326 g/mol. The van der Waals surface area contributed by atoms with Crippen LogP contribution < -0.4 is 4.83 Å². The van der Waals surface area contributed by atoms with Gasteiger partial charge in [0.2, 0.25) is 0 Å². The molecule has 0 unspecified atom stereocenters. The second-order valence-electron chi connectivity index (χ2n) is 4.95. The predicted octanol–water partition coefficient (Wildman–Crippen LogP) is 2.86. The topological polar surface area (TPSA) is 78.8 Å². The minimum absolute atomic E-state index is 0.138. The van der Waals surface area contributed by atoms with Crippen LogP contribution in [0.15, 0.2) is 76.7 Å². The minimum Gasteiger partial charge on any atom is -0.508 e. The standard InChI is InChI=1S/C17H14N2O3S/c20-16-8-5-13(6-9-16)12-18-19-23(21,22)17-10-7-14-3-1-2-4-15(14)11-17/h1-12,19-20H. The van der Waals surface area contributed by atoms with Gasteiger partial charge in [0.05, 0.1) is 11.1 Å². The third-order valence-electron chi connectivity index (χ3n) is 3.31. The van der Waals surface area contributed by atoms with E-state index in [9.17, 15) is 13.5 Å². The number of benzene rings is 3. The molecule has 0 atom stereocenters. The van der Waals surface area contributed by atoms with Crippen LogP contribution in [0.5, 0.6) is 5.75 Å². The van der Waals surface area contributed by atoms with Crippen LogP contribution >= 0.6 is 0 Å². The predicted molar refractivity (Wildman–Crippen MR) is 90.0 cm³/mol. The van der Waals surface area contributed by atoms with E-state index in [-0.39, 0.29) is 10.6 Å². The van der Waals surface area contributed by atoms with E-state index in [4.69, 9.17) is 0 Å². The number of nitrogens with one attached hydrogen (secondary N) is 1. The van der Waals surface area contributed by atoms with Crippen LogP contribution in [0.25, 0.3) is 10.8 Å². The van der Waals surface area contributed by atoms with Gasteiger partial charge in [-0.15, -0.1) is 0 Å². The first-order valence-corrected chi connectivity index (χ1v) is 8.36. The fourth-order valence-corrected chi connectivity index (χ4v) is 2.94. The summed E-state index contributed by atoms with van der Waals surface area (Å²) in [6.45, 7) is 0. The molecule has 0 aliphatic carbocycles. The average Bonchev–Trinajstić information content (AvgIpc) is 2.56. The van der Waals surface area contributed by atoms with Gasteiger partial charge < -0.3 is 5.11 Å². The molecule has 0 saturated heterocycles. The van der Waals surface area contributed by atoms with Crippen molar-refractivity contribution in [2.75, 3.05) is 0 Å². The number of hydrogen-bond donors (Lipinski definition) is 2. The number of phenolic OH excluding ortho intramolecular Hbond substituents is 1. The van der Waals surface area contributed by atoms with E-state index in [1.54, 1.807) is 30.3 Å². The maximum Gasteiger partial charge on any atom is 0.276 e. The molecular weight excluding hydrogens is 312 g/mol. The van der Waals surface area contributed by atoms with Gasteiger partial charge in [-0.25, -0.2) is 4.83 Å². The summed E-state index contributed by atoms with van der Waals surface area (Å²) >= 11 is 0. The van der Waals surface area contributed by atoms with E-state index in [1.807, 2.05) is 24.3 Å². The van der Waals surface area contributed by atoms with E-state index >= 15 is 0 Å². The highest BCUT2D eigenvalue weighted by molar-refractivity contribution is 7.89. The summed E-state index contributed by atoms with van der Waals surface area (Å²) in [6.07, 6.45) is 1.37. The molecule has 2 N–H and O–H groups in total. The van der Waals surface area contributed by atoms with E-state index in [0.29, 0.717) is 5.56 Å². The second kappa shape index (κ2) is 6.10. The van der Waals surface area contributed by atoms with Crippen molar-refractivity contribution in [3.05, 3.63) is 72.3 Å². The number of hydrazone groups is 1. The molecule has 0 aromatic heterocycles. The first-order chi connectivity index (χ1) is 11.0. The van der Waals surface area contributed by atoms with Crippen molar-refractivity contribution in [2.45, 2.75) is 4.90 Å². The third-order valence-corrected chi connectivity index (χ3v) is 4.53. The second-order valence-corrected chi connectivity index (χ2v) is 6.61. The zero-order chi connectivity index (χ0) is 16.3. The summed E-state index contributed by atoms with van der Waals surface area (Å²) in [7, 11) is -3.73. The summed E-state index contributed by atoms with van der Waals surface area (Å²) in [5, 5.41) is 14.8. The lowest BCUT2D eigenvalue weighted by atomic mass is 10.1. The molecule has 0 spiro atoms. The molecule has 0 radical (unpaired) electrons. The van der Waals surface area contributed by atoms with Crippen LogP contribution in [0, 0.1) is 0 Å². The lowest BCUT2D eigenvalue weighted by Crippen LogP contribution is -2.18. The highest BCUT2D eigenvalue weighted by Gasteiger charge is 2.12. The van der Waals surface area contributed by atoms with E-state index in [1.165, 1.54) is 18.3 Å². The molecule has 0 bridgehead atoms. The highest BCUT2D eigenvalue weighted by Crippen LogP contribution is 2.18. The fraction of sp³-hybridized carbons (Fsp3) is 0. The quantitative estimate of drug-likeness (QED) is 0.571. The molecular formula is C17H14N2O3S. The molecule has 0 aliphatic heterocycles. The van der Waals surface area contributed by atoms with Crippen LogP contribution in [0.3, 0.4) is 0 Å². The van der Waals surface area contributed by atoms with Crippen molar-refractivity contribution in [3.63, 3.8) is 0 Å². The molecule has 0 saturated carbocycles. The van der Waals surface area contributed by atoms with Gasteiger partial charge >= 0.3 is 0 Å². The van der Waals surface area contributed by atoms with Gasteiger partial charge in [0.1, 0.15) is 5.75 Å². The Bertz CT molecular complexity index is 965. The Labute approximate surface area is 134 Å². The molecule has 23 heavy (non-hydrogen) atoms. The Morgan fingerprint density at radius 3 is 2.35 bits per heavy atom. The number of phenols is 1. The first-order valence-electron chi connectivity index (χ1n) is 6.87. The summed E-state index contributed by atoms with van der Waals surface area (Å²) < 4.78 is 24.5. The number of nitrogens with zero attached hydrogens (tertiary/aromatic N) is 1. The SMILES string of the molecule is O=S(=O)(NN=Cc1ccc(O)cc1)c1ccc2ccccc2c1. The van der Waals surface area contributed by atoms with Crippen LogP contribution in [0.4, 0.5) is 0 Å². The van der Waals surface area contributed by atoms with Gasteiger partial charge in [-0.2, -0.15) is 13.5 Å². The number of sulfonamides is 1. The molecule has 3 aromatic carbocycles. The van der Waals surface area contributed by atoms with E-state index < -0.39 is 10.0 Å². The molecule has 3 aromatic rings. The van der Waals surface area contributed by atoms with Crippen molar-refractivity contribution in [3.8, 4) is 5.75 Å². The molecule has 0 heterocycles. The Morgan fingerprint density at radius 2 is 1.61 bits per heavy atom. The summed E-state index contributed by atoms with van der Waals surface area (Å²) in [5.74, 6) is 0.138. The van der Waals surface area contributed by atoms with Crippen molar-refractivity contribution >= 4 is 27.0 Å². The van der Waals surface area contributed by atoms with Gasteiger partial charge in [0.15, 0.2) is 0 Å². The Balaban J connectivity index is 1.81. The van der Waals surface area contributed by atoms with Crippen LogP contribution in [-0.4, -0.2) is 19.7 Å². The summed E-state index contributed by atoms with van der Waals surface area (Å²) in [6, 6.07) is 18.7. The van der Waals surface area contributed by atoms with Crippen molar-refractivity contribution in [1.29, 1.82) is 0 Å². The number of rotatable bonds is 4. The largest absolute Gasteiger partial charge is 0.508 e. The maximum atomic E-state index is 12.3. The van der Waals surface area contributed by atoms with Crippen LogP contribution in [-0.2, 0) is 10.0 Å². The molecule has 116 valence electrons.